The van der Waals surface area contributed by atoms with E-state index in [0.29, 0.717) is 17.2 Å². The van der Waals surface area contributed by atoms with Crippen LogP contribution in [0.1, 0.15) is 12.5 Å². The highest BCUT2D eigenvalue weighted by atomic mass is 32.2. The van der Waals surface area contributed by atoms with Crippen molar-refractivity contribution in [3.8, 4) is 0 Å². The van der Waals surface area contributed by atoms with Crippen LogP contribution in [-0.2, 0) is 16.6 Å². The number of pyridine rings is 1. The SMILES string of the molecule is CCc1ccc(N2c3ccccc3NS2(=O)=O)nc1. The number of rotatable bonds is 2. The van der Waals surface area contributed by atoms with Crippen LogP contribution < -0.4 is 9.03 Å². The predicted molar refractivity (Wildman–Crippen MR) is 74.7 cm³/mol. The van der Waals surface area contributed by atoms with Crippen LogP contribution in [0, 0.1) is 0 Å². The lowest BCUT2D eigenvalue weighted by Crippen LogP contribution is -2.25. The first kappa shape index (κ1) is 12.0. The minimum atomic E-state index is -3.60. The molecule has 0 atom stereocenters. The largest absolute Gasteiger partial charge is 0.329 e. The fraction of sp³-hybridized carbons (Fsp3) is 0.154. The average Bonchev–Trinajstić information content (AvgIpc) is 2.68. The molecule has 0 fully saturated rings. The summed E-state index contributed by atoms with van der Waals surface area (Å²) >= 11 is 0. The predicted octanol–water partition coefficient (Wildman–Crippen LogP) is 2.45. The van der Waals surface area contributed by atoms with Gasteiger partial charge >= 0.3 is 10.2 Å². The van der Waals surface area contributed by atoms with Crippen LogP contribution in [0.15, 0.2) is 42.6 Å². The van der Waals surface area contributed by atoms with Gasteiger partial charge in [-0.05, 0) is 30.2 Å². The van der Waals surface area contributed by atoms with Crippen molar-refractivity contribution in [1.82, 2.24) is 4.98 Å². The van der Waals surface area contributed by atoms with E-state index in [0.717, 1.165) is 12.0 Å². The Morgan fingerprint density at radius 1 is 1.21 bits per heavy atom. The summed E-state index contributed by atoms with van der Waals surface area (Å²) in [5.41, 5.74) is 2.24. The van der Waals surface area contributed by atoms with E-state index in [4.69, 9.17) is 0 Å². The van der Waals surface area contributed by atoms with Crippen molar-refractivity contribution in [1.29, 1.82) is 0 Å². The van der Waals surface area contributed by atoms with Crippen molar-refractivity contribution in [3.63, 3.8) is 0 Å². The second-order valence-electron chi connectivity index (χ2n) is 4.27. The number of fused-ring (bicyclic) bond motifs is 1. The highest BCUT2D eigenvalue weighted by Gasteiger charge is 2.34. The third kappa shape index (κ3) is 1.94. The van der Waals surface area contributed by atoms with Gasteiger partial charge in [-0.3, -0.25) is 4.72 Å². The molecule has 0 aliphatic carbocycles. The maximum absolute atomic E-state index is 12.1. The molecule has 98 valence electrons. The van der Waals surface area contributed by atoms with Crippen LogP contribution in [-0.4, -0.2) is 13.4 Å². The number of nitrogens with one attached hydrogen (secondary N) is 1. The second-order valence-corrected chi connectivity index (χ2v) is 5.79. The molecule has 2 aromatic rings. The molecule has 19 heavy (non-hydrogen) atoms. The van der Waals surface area contributed by atoms with Gasteiger partial charge in [0.15, 0.2) is 0 Å². The van der Waals surface area contributed by atoms with Gasteiger partial charge in [-0.1, -0.05) is 25.1 Å². The highest BCUT2D eigenvalue weighted by Crippen LogP contribution is 2.39. The monoisotopic (exact) mass is 275 g/mol. The molecular formula is C13H13N3O2S. The molecule has 1 aliphatic heterocycles. The van der Waals surface area contributed by atoms with Crippen molar-refractivity contribution < 1.29 is 8.42 Å². The molecule has 0 saturated carbocycles. The standard InChI is InChI=1S/C13H13N3O2S/c1-2-10-7-8-13(14-9-10)16-12-6-4-3-5-11(12)15-19(16,17)18/h3-9,15H,2H2,1H3. The molecule has 1 aromatic carbocycles. The second kappa shape index (κ2) is 4.24. The summed E-state index contributed by atoms with van der Waals surface area (Å²) in [4.78, 5) is 4.23. The van der Waals surface area contributed by atoms with Crippen LogP contribution in [0.4, 0.5) is 17.2 Å². The van der Waals surface area contributed by atoms with Crippen LogP contribution >= 0.6 is 0 Å². The van der Waals surface area contributed by atoms with Gasteiger partial charge in [0, 0.05) is 6.20 Å². The zero-order chi connectivity index (χ0) is 13.5. The molecule has 3 rings (SSSR count). The molecule has 0 saturated heterocycles. The lowest BCUT2D eigenvalue weighted by molar-refractivity contribution is 0.602. The lowest BCUT2D eigenvalue weighted by Gasteiger charge is -2.15. The van der Waals surface area contributed by atoms with E-state index in [1.165, 1.54) is 4.31 Å². The lowest BCUT2D eigenvalue weighted by atomic mass is 10.2. The Kier molecular flexibility index (Phi) is 2.67. The number of nitrogens with zero attached hydrogens (tertiary/aromatic N) is 2. The van der Waals surface area contributed by atoms with E-state index >= 15 is 0 Å². The van der Waals surface area contributed by atoms with Crippen molar-refractivity contribution in [2.75, 3.05) is 9.03 Å². The number of hydrogen-bond acceptors (Lipinski definition) is 3. The topological polar surface area (TPSA) is 62.3 Å². The summed E-state index contributed by atoms with van der Waals surface area (Å²) in [6.07, 6.45) is 2.57. The van der Waals surface area contributed by atoms with Gasteiger partial charge in [0.2, 0.25) is 0 Å². The van der Waals surface area contributed by atoms with Crippen LogP contribution in [0.2, 0.25) is 0 Å². The molecule has 1 aliphatic rings. The van der Waals surface area contributed by atoms with Gasteiger partial charge < -0.3 is 0 Å². The molecule has 0 amide bonds. The van der Waals surface area contributed by atoms with E-state index in [9.17, 15) is 8.42 Å². The molecule has 0 radical (unpaired) electrons. The Hall–Kier alpha value is -2.08. The number of para-hydroxylation sites is 2. The van der Waals surface area contributed by atoms with Crippen molar-refractivity contribution >= 4 is 27.4 Å². The smallest absolute Gasteiger partial charge is 0.264 e. The molecule has 2 heterocycles. The first-order valence-corrected chi connectivity index (χ1v) is 7.43. The van der Waals surface area contributed by atoms with Crippen LogP contribution in [0.25, 0.3) is 0 Å². The van der Waals surface area contributed by atoms with E-state index in [1.807, 2.05) is 13.0 Å². The van der Waals surface area contributed by atoms with Crippen molar-refractivity contribution in [3.05, 3.63) is 48.2 Å². The fourth-order valence-electron chi connectivity index (χ4n) is 2.04. The van der Waals surface area contributed by atoms with Gasteiger partial charge in [-0.15, -0.1) is 0 Å². The number of anilines is 3. The summed E-state index contributed by atoms with van der Waals surface area (Å²) in [7, 11) is -3.60. The number of aryl methyl sites for hydroxylation is 1. The van der Waals surface area contributed by atoms with E-state index < -0.39 is 10.2 Å². The first-order chi connectivity index (χ1) is 9.12. The molecule has 1 aromatic heterocycles. The normalized spacial score (nSPS) is 15.9. The third-order valence-corrected chi connectivity index (χ3v) is 4.37. The summed E-state index contributed by atoms with van der Waals surface area (Å²) in [6, 6.07) is 10.7. The Labute approximate surface area is 112 Å². The summed E-state index contributed by atoms with van der Waals surface area (Å²) in [6.45, 7) is 2.03. The molecular weight excluding hydrogens is 262 g/mol. The maximum atomic E-state index is 12.1. The molecule has 6 heteroatoms. The van der Waals surface area contributed by atoms with Gasteiger partial charge in [0.25, 0.3) is 0 Å². The summed E-state index contributed by atoms with van der Waals surface area (Å²) in [5, 5.41) is 0. The van der Waals surface area contributed by atoms with Gasteiger partial charge in [0.05, 0.1) is 11.4 Å². The van der Waals surface area contributed by atoms with Crippen molar-refractivity contribution in [2.45, 2.75) is 13.3 Å². The van der Waals surface area contributed by atoms with Gasteiger partial charge in [-0.2, -0.15) is 8.42 Å². The Bertz CT molecular complexity index is 711. The molecule has 0 unspecified atom stereocenters. The van der Waals surface area contributed by atoms with E-state index in [-0.39, 0.29) is 0 Å². The number of hydrogen-bond donors (Lipinski definition) is 1. The zero-order valence-corrected chi connectivity index (χ0v) is 11.2. The highest BCUT2D eigenvalue weighted by molar-refractivity contribution is 7.94. The minimum absolute atomic E-state index is 0.398. The molecule has 0 spiro atoms. The first-order valence-electron chi connectivity index (χ1n) is 5.99. The average molecular weight is 275 g/mol. The number of aromatic nitrogens is 1. The minimum Gasteiger partial charge on any atom is -0.264 e. The Morgan fingerprint density at radius 3 is 2.68 bits per heavy atom. The third-order valence-electron chi connectivity index (χ3n) is 3.03. The fourth-order valence-corrected chi connectivity index (χ4v) is 3.36. The van der Waals surface area contributed by atoms with E-state index in [2.05, 4.69) is 9.71 Å². The Morgan fingerprint density at radius 2 is 2.00 bits per heavy atom. The van der Waals surface area contributed by atoms with Crippen LogP contribution in [0.5, 0.6) is 0 Å². The van der Waals surface area contributed by atoms with E-state index in [1.54, 1.807) is 36.5 Å². The molecule has 1 N–H and O–H groups in total. The van der Waals surface area contributed by atoms with Crippen LogP contribution in [0.3, 0.4) is 0 Å². The summed E-state index contributed by atoms with van der Waals surface area (Å²) in [5.74, 6) is 0.398. The number of benzene rings is 1. The Balaban J connectivity index is 2.12. The van der Waals surface area contributed by atoms with Gasteiger partial charge in [0.1, 0.15) is 5.82 Å². The zero-order valence-electron chi connectivity index (χ0n) is 10.4. The van der Waals surface area contributed by atoms with Gasteiger partial charge in [-0.25, -0.2) is 9.29 Å². The quantitative estimate of drug-likeness (QED) is 0.915. The summed E-state index contributed by atoms with van der Waals surface area (Å²) < 4.78 is 28.0. The molecule has 5 nitrogen and oxygen atoms in total. The maximum Gasteiger partial charge on any atom is 0.329 e. The molecule has 0 bridgehead atoms. The van der Waals surface area contributed by atoms with Crippen molar-refractivity contribution in [2.24, 2.45) is 0 Å².